The number of hydrogen-bond donors (Lipinski definition) is 0. The van der Waals surface area contributed by atoms with E-state index in [9.17, 15) is 5.21 Å². The fraction of sp³-hybridized carbons (Fsp3) is 0. The molecule has 8 heavy (non-hydrogen) atoms. The van der Waals surface area contributed by atoms with E-state index >= 15 is 0 Å². The lowest BCUT2D eigenvalue weighted by atomic mass is 10.5. The molecule has 3 heteroatoms. The fourth-order valence-electron chi connectivity index (χ4n) is 0.407. The highest BCUT2D eigenvalue weighted by atomic mass is 127. The van der Waals surface area contributed by atoms with Crippen LogP contribution in [0.15, 0.2) is 24.4 Å². The van der Waals surface area contributed by atoms with Gasteiger partial charge in [0.2, 0.25) is 0 Å². The third kappa shape index (κ3) is 1.09. The van der Waals surface area contributed by atoms with Crippen molar-refractivity contribution >= 4 is 22.6 Å². The van der Waals surface area contributed by atoms with Crippen molar-refractivity contribution in [1.29, 1.82) is 0 Å². The van der Waals surface area contributed by atoms with Crippen LogP contribution in [0.2, 0.25) is 0 Å². The van der Waals surface area contributed by atoms with Crippen molar-refractivity contribution in [2.75, 3.05) is 0 Å². The van der Waals surface area contributed by atoms with Crippen LogP contribution in [0.1, 0.15) is 0 Å². The second-order valence-corrected chi connectivity index (χ2v) is 2.45. The van der Waals surface area contributed by atoms with Crippen molar-refractivity contribution in [3.8, 4) is 0 Å². The van der Waals surface area contributed by atoms with Gasteiger partial charge in [-0.3, -0.25) is 0 Å². The predicted octanol–water partition coefficient (Wildman–Crippen LogP) is 0.925. The average molecular weight is 221 g/mol. The van der Waals surface area contributed by atoms with Crippen LogP contribution < -0.4 is 4.73 Å². The molecule has 42 valence electrons. The Morgan fingerprint density at radius 2 is 2.25 bits per heavy atom. The van der Waals surface area contributed by atoms with Gasteiger partial charge in [0.1, 0.15) is 0 Å². The SMILES string of the molecule is [O-][n+]1ccccc1I. The third-order valence-corrected chi connectivity index (χ3v) is 1.61. The Morgan fingerprint density at radius 3 is 2.62 bits per heavy atom. The Labute approximate surface area is 60.9 Å². The molecule has 0 saturated carbocycles. The highest BCUT2D eigenvalue weighted by molar-refractivity contribution is 14.1. The number of pyridine rings is 1. The van der Waals surface area contributed by atoms with Gasteiger partial charge in [-0.05, 0) is 6.07 Å². The molecule has 0 spiro atoms. The van der Waals surface area contributed by atoms with Crippen LogP contribution in [0.25, 0.3) is 0 Å². The van der Waals surface area contributed by atoms with Gasteiger partial charge >= 0.3 is 0 Å². The van der Waals surface area contributed by atoms with Gasteiger partial charge in [-0.25, -0.2) is 0 Å². The van der Waals surface area contributed by atoms with E-state index < -0.39 is 0 Å². The summed E-state index contributed by atoms with van der Waals surface area (Å²) in [5.74, 6) is 0. The molecule has 0 aliphatic rings. The van der Waals surface area contributed by atoms with Crippen molar-refractivity contribution in [1.82, 2.24) is 0 Å². The van der Waals surface area contributed by atoms with Crippen molar-refractivity contribution in [2.24, 2.45) is 0 Å². The van der Waals surface area contributed by atoms with Crippen LogP contribution in [-0.2, 0) is 0 Å². The van der Waals surface area contributed by atoms with Crippen molar-refractivity contribution in [3.63, 3.8) is 0 Å². The molecule has 1 heterocycles. The lowest BCUT2D eigenvalue weighted by molar-refractivity contribution is -0.619. The second-order valence-electron chi connectivity index (χ2n) is 1.35. The molecule has 0 aromatic carbocycles. The highest BCUT2D eigenvalue weighted by Crippen LogP contribution is 1.93. The second kappa shape index (κ2) is 2.30. The lowest BCUT2D eigenvalue weighted by Gasteiger charge is -1.93. The van der Waals surface area contributed by atoms with Gasteiger partial charge in [-0.1, -0.05) is 0 Å². The van der Waals surface area contributed by atoms with E-state index in [4.69, 9.17) is 0 Å². The number of halogens is 1. The first-order valence-corrected chi connectivity index (χ1v) is 3.22. The molecule has 0 aliphatic carbocycles. The Hall–Kier alpha value is -0.320. The van der Waals surface area contributed by atoms with Crippen molar-refractivity contribution in [2.45, 2.75) is 0 Å². The van der Waals surface area contributed by atoms with E-state index in [0.717, 1.165) is 4.73 Å². The minimum atomic E-state index is 0.699. The summed E-state index contributed by atoms with van der Waals surface area (Å²) in [7, 11) is 0. The molecule has 2 nitrogen and oxygen atoms in total. The van der Waals surface area contributed by atoms with Crippen LogP contribution in [0.5, 0.6) is 0 Å². The monoisotopic (exact) mass is 221 g/mol. The van der Waals surface area contributed by atoms with E-state index in [-0.39, 0.29) is 0 Å². The van der Waals surface area contributed by atoms with Gasteiger partial charge in [-0.15, -0.1) is 0 Å². The summed E-state index contributed by atoms with van der Waals surface area (Å²) in [6.45, 7) is 0. The van der Waals surface area contributed by atoms with Crippen LogP contribution >= 0.6 is 22.6 Å². The normalized spacial score (nSPS) is 9.12. The third-order valence-electron chi connectivity index (χ3n) is 0.777. The summed E-state index contributed by atoms with van der Waals surface area (Å²) in [5, 5.41) is 10.5. The molecular formula is C5H4INO. The number of aromatic nitrogens is 1. The van der Waals surface area contributed by atoms with E-state index in [0.29, 0.717) is 3.70 Å². The van der Waals surface area contributed by atoms with E-state index in [1.54, 1.807) is 12.1 Å². The van der Waals surface area contributed by atoms with Gasteiger partial charge in [0.25, 0.3) is 3.70 Å². The summed E-state index contributed by atoms with van der Waals surface area (Å²) in [4.78, 5) is 0. The predicted molar refractivity (Wildman–Crippen MR) is 38.1 cm³/mol. The molecule has 0 saturated heterocycles. The van der Waals surface area contributed by atoms with Gasteiger partial charge in [-0.2, -0.15) is 4.73 Å². The quantitative estimate of drug-likeness (QED) is 0.277. The number of nitrogens with zero attached hydrogens (tertiary/aromatic N) is 1. The summed E-state index contributed by atoms with van der Waals surface area (Å²) in [6.07, 6.45) is 1.47. The molecule has 0 radical (unpaired) electrons. The maximum atomic E-state index is 10.5. The first kappa shape index (κ1) is 5.81. The van der Waals surface area contributed by atoms with E-state index in [2.05, 4.69) is 0 Å². The van der Waals surface area contributed by atoms with Gasteiger partial charge < -0.3 is 5.21 Å². The molecular weight excluding hydrogens is 217 g/mol. The highest BCUT2D eigenvalue weighted by Gasteiger charge is 1.91. The maximum absolute atomic E-state index is 10.5. The van der Waals surface area contributed by atoms with E-state index in [1.165, 1.54) is 6.20 Å². The molecule has 0 fully saturated rings. The minimum Gasteiger partial charge on any atom is -0.618 e. The van der Waals surface area contributed by atoms with Gasteiger partial charge in [0.15, 0.2) is 6.20 Å². The van der Waals surface area contributed by atoms with Crippen LogP contribution in [0.4, 0.5) is 0 Å². The van der Waals surface area contributed by atoms with Crippen LogP contribution in [0.3, 0.4) is 0 Å². The molecule has 1 aromatic heterocycles. The topological polar surface area (TPSA) is 26.9 Å². The average Bonchev–Trinajstić information content (AvgIpc) is 1.77. The van der Waals surface area contributed by atoms with Crippen molar-refractivity contribution in [3.05, 3.63) is 33.3 Å². The zero-order valence-corrected chi connectivity index (χ0v) is 6.20. The Bertz CT molecular complexity index is 169. The largest absolute Gasteiger partial charge is 0.618 e. The Morgan fingerprint density at radius 1 is 1.50 bits per heavy atom. The van der Waals surface area contributed by atoms with E-state index in [1.807, 2.05) is 28.7 Å². The summed E-state index contributed by atoms with van der Waals surface area (Å²) in [6, 6.07) is 5.29. The Balaban J connectivity index is 3.13. The number of rotatable bonds is 0. The maximum Gasteiger partial charge on any atom is 0.252 e. The lowest BCUT2D eigenvalue weighted by Crippen LogP contribution is -2.28. The summed E-state index contributed by atoms with van der Waals surface area (Å²) < 4.78 is 1.52. The minimum absolute atomic E-state index is 0.699. The summed E-state index contributed by atoms with van der Waals surface area (Å²) in [5.41, 5.74) is 0. The molecule has 1 aromatic rings. The molecule has 0 atom stereocenters. The standard InChI is InChI=1S/C5H4INO/c6-5-3-1-2-4-7(5)8/h1-4H. The van der Waals surface area contributed by atoms with Crippen LogP contribution in [-0.4, -0.2) is 0 Å². The molecule has 0 unspecified atom stereocenters. The fourth-order valence-corrected chi connectivity index (χ4v) is 0.776. The molecule has 0 amide bonds. The van der Waals surface area contributed by atoms with Crippen molar-refractivity contribution < 1.29 is 4.73 Å². The van der Waals surface area contributed by atoms with Gasteiger partial charge in [0, 0.05) is 34.7 Å². The Kier molecular flexibility index (Phi) is 1.67. The summed E-state index contributed by atoms with van der Waals surface area (Å²) >= 11 is 1.97. The smallest absolute Gasteiger partial charge is 0.252 e. The molecule has 0 aliphatic heterocycles. The van der Waals surface area contributed by atoms with Gasteiger partial charge in [0.05, 0.1) is 0 Å². The first-order chi connectivity index (χ1) is 3.80. The molecule has 0 N–H and O–H groups in total. The first-order valence-electron chi connectivity index (χ1n) is 2.14. The van der Waals surface area contributed by atoms with Crippen LogP contribution in [0, 0.1) is 8.91 Å². The molecule has 1 rings (SSSR count). The molecule has 0 bridgehead atoms. The number of hydrogen-bond acceptors (Lipinski definition) is 1. The zero-order chi connectivity index (χ0) is 5.98. The zero-order valence-electron chi connectivity index (χ0n) is 4.04.